The van der Waals surface area contributed by atoms with Crippen molar-refractivity contribution in [3.05, 3.63) is 82.9 Å². The summed E-state index contributed by atoms with van der Waals surface area (Å²) >= 11 is 5.89. The van der Waals surface area contributed by atoms with Gasteiger partial charge in [-0.25, -0.2) is 5.43 Å². The van der Waals surface area contributed by atoms with Crippen molar-refractivity contribution >= 4 is 41.2 Å². The Balaban J connectivity index is 1.18. The molecule has 1 aliphatic rings. The molecule has 3 N–H and O–H groups in total. The summed E-state index contributed by atoms with van der Waals surface area (Å²) in [6.07, 6.45) is 1.37. The largest absolute Gasteiger partial charge is 0.484 e. The number of hydrazone groups is 1. The van der Waals surface area contributed by atoms with Crippen molar-refractivity contribution in [1.29, 1.82) is 0 Å². The fourth-order valence-corrected chi connectivity index (χ4v) is 3.28. The number of carbonyl (C=O) groups excluding carboxylic acids is 3. The van der Waals surface area contributed by atoms with Crippen LogP contribution in [0.15, 0.2) is 71.8 Å². The minimum Gasteiger partial charge on any atom is -0.484 e. The molecule has 0 unspecified atom stereocenters. The van der Waals surface area contributed by atoms with E-state index in [1.807, 2.05) is 0 Å². The summed E-state index contributed by atoms with van der Waals surface area (Å²) in [5.41, 5.74) is 4.15. The van der Waals surface area contributed by atoms with Gasteiger partial charge in [0.1, 0.15) is 5.75 Å². The Bertz CT molecular complexity index is 1300. The van der Waals surface area contributed by atoms with Crippen LogP contribution in [-0.2, 0) is 20.9 Å². The lowest BCUT2D eigenvalue weighted by Gasteiger charge is -2.08. The Morgan fingerprint density at radius 1 is 0.972 bits per heavy atom. The first-order chi connectivity index (χ1) is 17.5. The van der Waals surface area contributed by atoms with Crippen LogP contribution in [0, 0.1) is 0 Å². The molecule has 3 aromatic carbocycles. The zero-order valence-electron chi connectivity index (χ0n) is 18.8. The number of anilines is 1. The summed E-state index contributed by atoms with van der Waals surface area (Å²) in [4.78, 5) is 35.9. The van der Waals surface area contributed by atoms with Crippen LogP contribution in [0.25, 0.3) is 0 Å². The van der Waals surface area contributed by atoms with Gasteiger partial charge in [-0.3, -0.25) is 14.4 Å². The molecule has 10 nitrogen and oxygen atoms in total. The van der Waals surface area contributed by atoms with Crippen molar-refractivity contribution in [2.45, 2.75) is 6.54 Å². The maximum atomic E-state index is 12.0. The van der Waals surface area contributed by atoms with E-state index in [1.165, 1.54) is 6.21 Å². The first-order valence-electron chi connectivity index (χ1n) is 10.7. The SMILES string of the molecule is O=C(COc1ccc(/C=N\NC(=O)C(=O)NCc2ccc3c(c2)OCO3)cc1)Nc1cccc(Cl)c1. The third kappa shape index (κ3) is 6.97. The smallest absolute Gasteiger partial charge is 0.329 e. The van der Waals surface area contributed by atoms with Crippen LogP contribution in [0.5, 0.6) is 17.2 Å². The van der Waals surface area contributed by atoms with Gasteiger partial charge in [0.05, 0.1) is 6.21 Å². The van der Waals surface area contributed by atoms with Crippen molar-refractivity contribution in [1.82, 2.24) is 10.7 Å². The molecule has 1 aliphatic heterocycles. The molecule has 0 saturated carbocycles. The van der Waals surface area contributed by atoms with Gasteiger partial charge in [0, 0.05) is 17.3 Å². The van der Waals surface area contributed by atoms with Crippen LogP contribution in [-0.4, -0.2) is 37.3 Å². The average molecular weight is 509 g/mol. The molecule has 0 aromatic heterocycles. The van der Waals surface area contributed by atoms with Crippen LogP contribution >= 0.6 is 11.6 Å². The molecule has 0 atom stereocenters. The predicted molar refractivity (Wildman–Crippen MR) is 132 cm³/mol. The number of carbonyl (C=O) groups is 3. The molecule has 0 aliphatic carbocycles. The monoisotopic (exact) mass is 508 g/mol. The minimum atomic E-state index is -0.905. The Kier molecular flexibility index (Phi) is 7.99. The second kappa shape index (κ2) is 11.7. The summed E-state index contributed by atoms with van der Waals surface area (Å²) in [7, 11) is 0. The van der Waals surface area contributed by atoms with Gasteiger partial charge in [0.15, 0.2) is 18.1 Å². The van der Waals surface area contributed by atoms with E-state index in [4.69, 9.17) is 25.8 Å². The second-order valence-electron chi connectivity index (χ2n) is 7.49. The first-order valence-corrected chi connectivity index (χ1v) is 11.1. The summed E-state index contributed by atoms with van der Waals surface area (Å²) in [6.45, 7) is 0.117. The molecular formula is C25H21ClN4O6. The number of hydrogen-bond acceptors (Lipinski definition) is 7. The number of hydrogen-bond donors (Lipinski definition) is 3. The third-order valence-electron chi connectivity index (χ3n) is 4.83. The lowest BCUT2D eigenvalue weighted by molar-refractivity contribution is -0.139. The highest BCUT2D eigenvalue weighted by atomic mass is 35.5. The maximum absolute atomic E-state index is 12.0. The Morgan fingerprint density at radius 3 is 2.58 bits per heavy atom. The predicted octanol–water partition coefficient (Wildman–Crippen LogP) is 2.85. The molecular weight excluding hydrogens is 488 g/mol. The van der Waals surface area contributed by atoms with Gasteiger partial charge in [-0.2, -0.15) is 5.10 Å². The summed E-state index contributed by atoms with van der Waals surface area (Å²) in [6, 6.07) is 18.7. The quantitative estimate of drug-likeness (QED) is 0.244. The van der Waals surface area contributed by atoms with Crippen molar-refractivity contribution in [3.8, 4) is 17.2 Å². The molecule has 0 spiro atoms. The van der Waals surface area contributed by atoms with Crippen LogP contribution in [0.2, 0.25) is 5.02 Å². The van der Waals surface area contributed by atoms with Crippen molar-refractivity contribution < 1.29 is 28.6 Å². The molecule has 11 heteroatoms. The topological polar surface area (TPSA) is 127 Å². The fraction of sp³-hybridized carbons (Fsp3) is 0.120. The van der Waals surface area contributed by atoms with E-state index < -0.39 is 11.8 Å². The minimum absolute atomic E-state index is 0.144. The molecule has 0 fully saturated rings. The van der Waals surface area contributed by atoms with E-state index in [1.54, 1.807) is 66.7 Å². The Hall–Kier alpha value is -4.57. The molecule has 36 heavy (non-hydrogen) atoms. The highest BCUT2D eigenvalue weighted by Crippen LogP contribution is 2.32. The highest BCUT2D eigenvalue weighted by molar-refractivity contribution is 6.35. The number of nitrogens with zero attached hydrogens (tertiary/aromatic N) is 1. The zero-order chi connectivity index (χ0) is 25.3. The van der Waals surface area contributed by atoms with Gasteiger partial charge < -0.3 is 24.8 Å². The number of fused-ring (bicyclic) bond motifs is 1. The van der Waals surface area contributed by atoms with Gasteiger partial charge in [0.25, 0.3) is 5.91 Å². The normalized spacial score (nSPS) is 11.7. The molecule has 3 aromatic rings. The lowest BCUT2D eigenvalue weighted by atomic mass is 10.2. The number of halogens is 1. The van der Waals surface area contributed by atoms with Crippen LogP contribution in [0.1, 0.15) is 11.1 Å². The Labute approximate surface area is 211 Å². The number of ether oxygens (including phenoxy) is 3. The number of amides is 3. The van der Waals surface area contributed by atoms with Crippen molar-refractivity contribution in [3.63, 3.8) is 0 Å². The standard InChI is InChI=1S/C25H21ClN4O6/c26-18-2-1-3-19(11-18)29-23(31)14-34-20-7-4-16(5-8-20)13-28-30-25(33)24(32)27-12-17-6-9-21-22(10-17)36-15-35-21/h1-11,13H,12,14-15H2,(H,27,32)(H,29,31)(H,30,33)/b28-13-. The molecule has 1 heterocycles. The molecule has 0 bridgehead atoms. The van der Waals surface area contributed by atoms with Crippen LogP contribution in [0.3, 0.4) is 0 Å². The molecule has 0 radical (unpaired) electrons. The molecule has 184 valence electrons. The number of rotatable bonds is 8. The zero-order valence-corrected chi connectivity index (χ0v) is 19.6. The van der Waals surface area contributed by atoms with E-state index in [2.05, 4.69) is 21.2 Å². The molecule has 0 saturated heterocycles. The molecule has 4 rings (SSSR count). The number of nitrogens with one attached hydrogen (secondary N) is 3. The first kappa shape index (κ1) is 24.6. The summed E-state index contributed by atoms with van der Waals surface area (Å²) in [5, 5.41) is 9.50. The lowest BCUT2D eigenvalue weighted by Crippen LogP contribution is -2.37. The Morgan fingerprint density at radius 2 is 1.78 bits per heavy atom. The second-order valence-corrected chi connectivity index (χ2v) is 7.92. The van der Waals surface area contributed by atoms with Gasteiger partial charge in [-0.15, -0.1) is 0 Å². The highest BCUT2D eigenvalue weighted by Gasteiger charge is 2.15. The van der Waals surface area contributed by atoms with E-state index in [0.29, 0.717) is 33.5 Å². The fourth-order valence-electron chi connectivity index (χ4n) is 3.09. The van der Waals surface area contributed by atoms with Gasteiger partial charge >= 0.3 is 11.8 Å². The van der Waals surface area contributed by atoms with E-state index in [9.17, 15) is 14.4 Å². The van der Waals surface area contributed by atoms with Gasteiger partial charge in [-0.1, -0.05) is 23.7 Å². The van der Waals surface area contributed by atoms with Crippen LogP contribution in [0.4, 0.5) is 5.69 Å². The van der Waals surface area contributed by atoms with Gasteiger partial charge in [-0.05, 0) is 65.7 Å². The summed E-state index contributed by atoms with van der Waals surface area (Å²) in [5.74, 6) is -0.367. The summed E-state index contributed by atoms with van der Waals surface area (Å²) < 4.78 is 16.0. The maximum Gasteiger partial charge on any atom is 0.329 e. The van der Waals surface area contributed by atoms with E-state index in [-0.39, 0.29) is 25.9 Å². The molecule has 3 amide bonds. The van der Waals surface area contributed by atoms with Crippen molar-refractivity contribution in [2.75, 3.05) is 18.7 Å². The van der Waals surface area contributed by atoms with Crippen LogP contribution < -0.4 is 30.3 Å². The van der Waals surface area contributed by atoms with E-state index >= 15 is 0 Å². The van der Waals surface area contributed by atoms with Crippen molar-refractivity contribution in [2.24, 2.45) is 5.10 Å². The average Bonchev–Trinajstić information content (AvgIpc) is 3.35. The van der Waals surface area contributed by atoms with Gasteiger partial charge in [0.2, 0.25) is 6.79 Å². The van der Waals surface area contributed by atoms with E-state index in [0.717, 1.165) is 5.56 Å². The number of benzene rings is 3. The third-order valence-corrected chi connectivity index (χ3v) is 5.07.